The van der Waals surface area contributed by atoms with E-state index >= 15 is 0 Å². The monoisotopic (exact) mass is 286 g/mol. The minimum Gasteiger partial charge on any atom is -0.367 e. The van der Waals surface area contributed by atoms with Gasteiger partial charge in [0.25, 0.3) is 0 Å². The topological polar surface area (TPSA) is 15.3 Å². The quantitative estimate of drug-likeness (QED) is 0.847. The molecule has 1 aliphatic heterocycles. The lowest BCUT2D eigenvalue weighted by Crippen LogP contribution is -2.43. The first-order valence-electron chi connectivity index (χ1n) is 6.35. The zero-order valence-electron chi connectivity index (χ0n) is 11.2. The zero-order chi connectivity index (χ0) is 13.3. The van der Waals surface area contributed by atoms with Gasteiger partial charge in [0, 0.05) is 26.2 Å². The molecule has 1 aliphatic rings. The number of rotatable bonds is 1. The van der Waals surface area contributed by atoms with Crippen molar-refractivity contribution >= 4 is 28.9 Å². The first kappa shape index (κ1) is 14.0. The number of halogens is 2. The number of hydrogen-bond acceptors (Lipinski definition) is 2. The second-order valence-electron chi connectivity index (χ2n) is 5.78. The summed E-state index contributed by atoms with van der Waals surface area (Å²) in [4.78, 5) is 2.26. The Kier molecular flexibility index (Phi) is 4.10. The molecule has 0 unspecified atom stereocenters. The highest BCUT2D eigenvalue weighted by Crippen LogP contribution is 2.38. The van der Waals surface area contributed by atoms with Crippen LogP contribution < -0.4 is 10.2 Å². The third-order valence-electron chi connectivity index (χ3n) is 3.32. The number of benzene rings is 1. The van der Waals surface area contributed by atoms with Crippen LogP contribution in [0.3, 0.4) is 0 Å². The van der Waals surface area contributed by atoms with Crippen LogP contribution >= 0.6 is 23.2 Å². The molecule has 1 fully saturated rings. The summed E-state index contributed by atoms with van der Waals surface area (Å²) >= 11 is 12.9. The molecule has 2 rings (SSSR count). The fraction of sp³-hybridized carbons (Fsp3) is 0.571. The molecular formula is C14H20Cl2N2. The predicted octanol–water partition coefficient (Wildman–Crippen LogP) is 3.70. The van der Waals surface area contributed by atoms with E-state index in [1.807, 2.05) is 12.1 Å². The van der Waals surface area contributed by atoms with Gasteiger partial charge in [0.1, 0.15) is 0 Å². The number of piperazine rings is 1. The van der Waals surface area contributed by atoms with Gasteiger partial charge in [0.2, 0.25) is 0 Å². The molecular weight excluding hydrogens is 267 g/mol. The molecule has 0 bridgehead atoms. The van der Waals surface area contributed by atoms with Crippen LogP contribution in [0.2, 0.25) is 10.0 Å². The minimum atomic E-state index is 0.0647. The van der Waals surface area contributed by atoms with Gasteiger partial charge in [0.05, 0.1) is 15.7 Å². The van der Waals surface area contributed by atoms with Crippen molar-refractivity contribution in [2.24, 2.45) is 0 Å². The Hall–Kier alpha value is -0.440. The van der Waals surface area contributed by atoms with E-state index in [4.69, 9.17) is 23.2 Å². The fourth-order valence-corrected chi connectivity index (χ4v) is 2.92. The second-order valence-corrected chi connectivity index (χ2v) is 6.59. The van der Waals surface area contributed by atoms with Crippen molar-refractivity contribution in [2.45, 2.75) is 26.2 Å². The van der Waals surface area contributed by atoms with Gasteiger partial charge in [-0.15, -0.1) is 0 Å². The van der Waals surface area contributed by atoms with Gasteiger partial charge in [0.15, 0.2) is 0 Å². The summed E-state index contributed by atoms with van der Waals surface area (Å²) in [5, 5.41) is 4.85. The predicted molar refractivity (Wildman–Crippen MR) is 80.2 cm³/mol. The first-order chi connectivity index (χ1) is 8.39. The molecule has 0 aliphatic carbocycles. The van der Waals surface area contributed by atoms with Crippen molar-refractivity contribution < 1.29 is 0 Å². The average Bonchev–Trinajstić information content (AvgIpc) is 2.28. The van der Waals surface area contributed by atoms with Gasteiger partial charge < -0.3 is 10.2 Å². The van der Waals surface area contributed by atoms with Crippen LogP contribution in [-0.2, 0) is 5.41 Å². The molecule has 0 aromatic heterocycles. The van der Waals surface area contributed by atoms with Crippen LogP contribution in [0, 0.1) is 0 Å². The first-order valence-corrected chi connectivity index (χ1v) is 7.10. The van der Waals surface area contributed by atoms with E-state index in [1.54, 1.807) is 0 Å². The molecule has 1 aromatic carbocycles. The average molecular weight is 287 g/mol. The van der Waals surface area contributed by atoms with Crippen LogP contribution in [0.25, 0.3) is 0 Å². The Morgan fingerprint density at radius 1 is 1.06 bits per heavy atom. The molecule has 1 saturated heterocycles. The largest absolute Gasteiger partial charge is 0.367 e. The highest BCUT2D eigenvalue weighted by Gasteiger charge is 2.21. The summed E-state index contributed by atoms with van der Waals surface area (Å²) in [5.74, 6) is 0. The summed E-state index contributed by atoms with van der Waals surface area (Å²) in [5.41, 5.74) is 2.22. The molecule has 1 heterocycles. The molecule has 1 N–H and O–H groups in total. The third kappa shape index (κ3) is 2.93. The summed E-state index contributed by atoms with van der Waals surface area (Å²) in [6.45, 7) is 10.4. The van der Waals surface area contributed by atoms with Crippen molar-refractivity contribution in [1.29, 1.82) is 0 Å². The Bertz CT molecular complexity index is 409. The van der Waals surface area contributed by atoms with Crippen LogP contribution in [-0.4, -0.2) is 26.2 Å². The molecule has 2 nitrogen and oxygen atoms in total. The SMILES string of the molecule is CC(C)(C)c1cc(Cl)c(N2CCNCC2)c(Cl)c1. The van der Waals surface area contributed by atoms with Gasteiger partial charge in [-0.2, -0.15) is 0 Å². The van der Waals surface area contributed by atoms with Crippen LogP contribution in [0.1, 0.15) is 26.3 Å². The molecule has 0 radical (unpaired) electrons. The van der Waals surface area contributed by atoms with Gasteiger partial charge in [-0.1, -0.05) is 44.0 Å². The van der Waals surface area contributed by atoms with E-state index in [0.29, 0.717) is 0 Å². The normalized spacial score (nSPS) is 17.1. The third-order valence-corrected chi connectivity index (χ3v) is 3.89. The lowest BCUT2D eigenvalue weighted by molar-refractivity contribution is 0.584. The Morgan fingerprint density at radius 2 is 1.56 bits per heavy atom. The maximum Gasteiger partial charge on any atom is 0.0746 e. The van der Waals surface area contributed by atoms with E-state index in [0.717, 1.165) is 41.9 Å². The molecule has 1 aromatic rings. The highest BCUT2D eigenvalue weighted by atomic mass is 35.5. The van der Waals surface area contributed by atoms with Crippen molar-refractivity contribution in [1.82, 2.24) is 5.32 Å². The highest BCUT2D eigenvalue weighted by molar-refractivity contribution is 6.39. The number of anilines is 1. The van der Waals surface area contributed by atoms with E-state index in [2.05, 4.69) is 31.0 Å². The maximum absolute atomic E-state index is 6.43. The molecule has 0 saturated carbocycles. The Balaban J connectivity index is 2.37. The van der Waals surface area contributed by atoms with Crippen LogP contribution in [0.15, 0.2) is 12.1 Å². The molecule has 4 heteroatoms. The molecule has 18 heavy (non-hydrogen) atoms. The Morgan fingerprint density at radius 3 is 2.00 bits per heavy atom. The minimum absolute atomic E-state index is 0.0647. The zero-order valence-corrected chi connectivity index (χ0v) is 12.7. The maximum atomic E-state index is 6.43. The van der Waals surface area contributed by atoms with Crippen molar-refractivity contribution in [3.05, 3.63) is 27.7 Å². The summed E-state index contributed by atoms with van der Waals surface area (Å²) < 4.78 is 0. The summed E-state index contributed by atoms with van der Waals surface area (Å²) in [6.07, 6.45) is 0. The van der Waals surface area contributed by atoms with E-state index in [-0.39, 0.29) is 5.41 Å². The van der Waals surface area contributed by atoms with Gasteiger partial charge in [-0.3, -0.25) is 0 Å². The van der Waals surface area contributed by atoms with E-state index in [9.17, 15) is 0 Å². The number of hydrogen-bond donors (Lipinski definition) is 1. The van der Waals surface area contributed by atoms with Gasteiger partial charge in [-0.25, -0.2) is 0 Å². The summed E-state index contributed by atoms with van der Waals surface area (Å²) in [7, 11) is 0. The standard InChI is InChI=1S/C14H20Cl2N2/c1-14(2,3)10-8-11(15)13(12(16)9-10)18-6-4-17-5-7-18/h8-9,17H,4-7H2,1-3H3. The van der Waals surface area contributed by atoms with Crippen molar-refractivity contribution in [2.75, 3.05) is 31.1 Å². The fourth-order valence-electron chi connectivity index (χ4n) is 2.19. The van der Waals surface area contributed by atoms with Gasteiger partial charge in [-0.05, 0) is 23.1 Å². The van der Waals surface area contributed by atoms with E-state index < -0.39 is 0 Å². The molecule has 0 amide bonds. The van der Waals surface area contributed by atoms with Gasteiger partial charge >= 0.3 is 0 Å². The number of nitrogens with zero attached hydrogens (tertiary/aromatic N) is 1. The van der Waals surface area contributed by atoms with Crippen LogP contribution in [0.5, 0.6) is 0 Å². The van der Waals surface area contributed by atoms with E-state index in [1.165, 1.54) is 5.56 Å². The number of nitrogens with one attached hydrogen (secondary N) is 1. The molecule has 0 atom stereocenters. The van der Waals surface area contributed by atoms with Crippen LogP contribution in [0.4, 0.5) is 5.69 Å². The Labute approximate surface area is 119 Å². The molecule has 0 spiro atoms. The smallest absolute Gasteiger partial charge is 0.0746 e. The van der Waals surface area contributed by atoms with Crippen molar-refractivity contribution in [3.63, 3.8) is 0 Å². The second kappa shape index (κ2) is 5.28. The molecule has 100 valence electrons. The summed E-state index contributed by atoms with van der Waals surface area (Å²) in [6, 6.07) is 4.09. The lowest BCUT2D eigenvalue weighted by Gasteiger charge is -2.32. The lowest BCUT2D eigenvalue weighted by atomic mass is 9.87. The van der Waals surface area contributed by atoms with Crippen molar-refractivity contribution in [3.8, 4) is 0 Å².